The van der Waals surface area contributed by atoms with Crippen LogP contribution in [0.5, 0.6) is 11.5 Å². The molecule has 20 heavy (non-hydrogen) atoms. The van der Waals surface area contributed by atoms with Crippen molar-refractivity contribution in [3.8, 4) is 11.5 Å². The van der Waals surface area contributed by atoms with Crippen LogP contribution in [0.3, 0.4) is 0 Å². The Morgan fingerprint density at radius 3 is 2.70 bits per heavy atom. The van der Waals surface area contributed by atoms with Gasteiger partial charge in [-0.3, -0.25) is 9.59 Å². The van der Waals surface area contributed by atoms with Gasteiger partial charge in [0.05, 0.1) is 6.54 Å². The number of rotatable bonds is 4. The smallest absolute Gasteiger partial charge is 0.309 e. The van der Waals surface area contributed by atoms with E-state index in [4.69, 9.17) is 9.47 Å². The monoisotopic (exact) mass is 276 g/mol. The van der Waals surface area contributed by atoms with Crippen LogP contribution in [0.4, 0.5) is 0 Å². The molecule has 2 N–H and O–H groups in total. The minimum absolute atomic E-state index is 0.203. The Balaban J connectivity index is 1.80. The largest absolute Gasteiger partial charge is 0.486 e. The molecular weight excluding hydrogens is 260 g/mol. The van der Waals surface area contributed by atoms with Crippen molar-refractivity contribution < 1.29 is 19.1 Å². The Morgan fingerprint density at radius 2 is 1.95 bits per heavy atom. The van der Waals surface area contributed by atoms with Gasteiger partial charge >= 0.3 is 11.8 Å². The quantitative estimate of drug-likeness (QED) is 0.610. The van der Waals surface area contributed by atoms with Gasteiger partial charge in [0.15, 0.2) is 11.5 Å². The minimum Gasteiger partial charge on any atom is -0.486 e. The number of carbonyl (C=O) groups is 2. The SMILES string of the molecule is C=CCNC(=O)C(=O)NCC1COc2ccccc2O1. The molecule has 0 aromatic heterocycles. The standard InChI is InChI=1S/C14H16N2O4/c1-2-7-15-13(17)14(18)16-8-10-9-19-11-5-3-4-6-12(11)20-10/h2-6,10H,1,7-9H2,(H,15,17)(H,16,18). The molecule has 6 nitrogen and oxygen atoms in total. The van der Waals surface area contributed by atoms with E-state index < -0.39 is 11.8 Å². The Kier molecular flexibility index (Phi) is 4.60. The normalized spacial score (nSPS) is 16.1. The first-order valence-electron chi connectivity index (χ1n) is 6.26. The zero-order valence-electron chi connectivity index (χ0n) is 10.9. The van der Waals surface area contributed by atoms with E-state index in [-0.39, 0.29) is 19.2 Å². The summed E-state index contributed by atoms with van der Waals surface area (Å²) in [5.41, 5.74) is 0. The Bertz CT molecular complexity index is 516. The zero-order valence-corrected chi connectivity index (χ0v) is 10.9. The first-order chi connectivity index (χ1) is 9.70. The number of amides is 2. The maximum Gasteiger partial charge on any atom is 0.309 e. The van der Waals surface area contributed by atoms with Gasteiger partial charge in [0.1, 0.15) is 12.7 Å². The minimum atomic E-state index is -0.700. The van der Waals surface area contributed by atoms with Crippen LogP contribution in [0, 0.1) is 0 Å². The number of fused-ring (bicyclic) bond motifs is 1. The van der Waals surface area contributed by atoms with E-state index in [0.717, 1.165) is 0 Å². The highest BCUT2D eigenvalue weighted by atomic mass is 16.6. The maximum absolute atomic E-state index is 11.5. The van der Waals surface area contributed by atoms with E-state index >= 15 is 0 Å². The summed E-state index contributed by atoms with van der Waals surface area (Å²) in [6.07, 6.45) is 1.18. The molecule has 6 heteroatoms. The predicted molar refractivity (Wildman–Crippen MR) is 72.6 cm³/mol. The second-order valence-corrected chi connectivity index (χ2v) is 4.21. The molecule has 0 radical (unpaired) electrons. The van der Waals surface area contributed by atoms with Crippen LogP contribution in [0.25, 0.3) is 0 Å². The molecule has 1 aromatic rings. The fourth-order valence-corrected chi connectivity index (χ4v) is 1.70. The number of carbonyl (C=O) groups excluding carboxylic acids is 2. The van der Waals surface area contributed by atoms with Crippen molar-refractivity contribution in [2.75, 3.05) is 19.7 Å². The fourth-order valence-electron chi connectivity index (χ4n) is 1.70. The molecule has 2 rings (SSSR count). The lowest BCUT2D eigenvalue weighted by Crippen LogP contribution is -2.46. The number of hydrogen-bond donors (Lipinski definition) is 2. The van der Waals surface area contributed by atoms with Crippen LogP contribution in [0.15, 0.2) is 36.9 Å². The summed E-state index contributed by atoms with van der Waals surface area (Å²) in [5, 5.41) is 4.90. The number of hydrogen-bond acceptors (Lipinski definition) is 4. The first kappa shape index (κ1) is 13.9. The molecule has 1 aromatic carbocycles. The molecule has 0 fully saturated rings. The lowest BCUT2D eigenvalue weighted by Gasteiger charge is -2.26. The van der Waals surface area contributed by atoms with Crippen LogP contribution in [0.1, 0.15) is 0 Å². The first-order valence-corrected chi connectivity index (χ1v) is 6.26. The molecule has 1 atom stereocenters. The molecule has 1 heterocycles. The third-order valence-electron chi connectivity index (χ3n) is 2.67. The maximum atomic E-state index is 11.5. The lowest BCUT2D eigenvalue weighted by atomic mass is 10.2. The van der Waals surface area contributed by atoms with E-state index in [1.54, 1.807) is 6.07 Å². The molecular formula is C14H16N2O4. The molecule has 1 aliphatic heterocycles. The molecule has 0 saturated heterocycles. The van der Waals surface area contributed by atoms with E-state index in [9.17, 15) is 9.59 Å². The van der Waals surface area contributed by atoms with Gasteiger partial charge in [0.2, 0.25) is 0 Å². The number of ether oxygens (including phenoxy) is 2. The van der Waals surface area contributed by atoms with Crippen LogP contribution in [-0.2, 0) is 9.59 Å². The third kappa shape index (κ3) is 3.50. The van der Waals surface area contributed by atoms with Gasteiger partial charge in [0.25, 0.3) is 0 Å². The molecule has 0 bridgehead atoms. The van der Waals surface area contributed by atoms with Crippen molar-refractivity contribution in [3.63, 3.8) is 0 Å². The van der Waals surface area contributed by atoms with Crippen molar-refractivity contribution in [3.05, 3.63) is 36.9 Å². The van der Waals surface area contributed by atoms with Gasteiger partial charge in [-0.2, -0.15) is 0 Å². The molecule has 1 unspecified atom stereocenters. The van der Waals surface area contributed by atoms with E-state index in [1.807, 2.05) is 18.2 Å². The molecule has 0 spiro atoms. The molecule has 0 saturated carbocycles. The highest BCUT2D eigenvalue weighted by Crippen LogP contribution is 2.30. The summed E-state index contributed by atoms with van der Waals surface area (Å²) in [5.74, 6) is -0.0794. The van der Waals surface area contributed by atoms with Crippen LogP contribution in [0.2, 0.25) is 0 Å². The zero-order chi connectivity index (χ0) is 14.4. The summed E-state index contributed by atoms with van der Waals surface area (Å²) in [6, 6.07) is 7.30. The van der Waals surface area contributed by atoms with Crippen LogP contribution >= 0.6 is 0 Å². The van der Waals surface area contributed by atoms with Gasteiger partial charge < -0.3 is 20.1 Å². The second-order valence-electron chi connectivity index (χ2n) is 4.21. The van der Waals surface area contributed by atoms with Gasteiger partial charge in [0, 0.05) is 6.54 Å². The summed E-state index contributed by atoms with van der Waals surface area (Å²) in [7, 11) is 0. The number of benzene rings is 1. The lowest BCUT2D eigenvalue weighted by molar-refractivity contribution is -0.139. The number of nitrogens with one attached hydrogen (secondary N) is 2. The molecule has 0 aliphatic carbocycles. The number of para-hydroxylation sites is 2. The van der Waals surface area contributed by atoms with Gasteiger partial charge in [-0.15, -0.1) is 6.58 Å². The predicted octanol–water partition coefficient (Wildman–Crippen LogP) is 0.245. The fraction of sp³-hybridized carbons (Fsp3) is 0.286. The Hall–Kier alpha value is -2.50. The Morgan fingerprint density at radius 1 is 1.25 bits per heavy atom. The van der Waals surface area contributed by atoms with Crippen LogP contribution < -0.4 is 20.1 Å². The average molecular weight is 276 g/mol. The second kappa shape index (κ2) is 6.60. The van der Waals surface area contributed by atoms with Crippen molar-refractivity contribution in [1.29, 1.82) is 0 Å². The van der Waals surface area contributed by atoms with E-state index in [0.29, 0.717) is 18.1 Å². The summed E-state index contributed by atoms with van der Waals surface area (Å²) in [6.45, 7) is 4.23. The van der Waals surface area contributed by atoms with Gasteiger partial charge in [-0.25, -0.2) is 0 Å². The molecule has 106 valence electrons. The third-order valence-corrected chi connectivity index (χ3v) is 2.67. The van der Waals surface area contributed by atoms with E-state index in [2.05, 4.69) is 17.2 Å². The molecule has 2 amide bonds. The Labute approximate surface area is 116 Å². The van der Waals surface area contributed by atoms with Crippen molar-refractivity contribution in [2.45, 2.75) is 6.10 Å². The van der Waals surface area contributed by atoms with Crippen molar-refractivity contribution >= 4 is 11.8 Å². The summed E-state index contributed by atoms with van der Waals surface area (Å²) >= 11 is 0. The van der Waals surface area contributed by atoms with Crippen molar-refractivity contribution in [2.24, 2.45) is 0 Å². The van der Waals surface area contributed by atoms with Crippen LogP contribution in [-0.4, -0.2) is 37.6 Å². The highest BCUT2D eigenvalue weighted by molar-refractivity contribution is 6.35. The summed E-state index contributed by atoms with van der Waals surface area (Å²) < 4.78 is 11.2. The van der Waals surface area contributed by atoms with Crippen molar-refractivity contribution in [1.82, 2.24) is 10.6 Å². The topological polar surface area (TPSA) is 76.7 Å². The van der Waals surface area contributed by atoms with Gasteiger partial charge in [-0.1, -0.05) is 18.2 Å². The molecule has 1 aliphatic rings. The van der Waals surface area contributed by atoms with Gasteiger partial charge in [-0.05, 0) is 12.1 Å². The van der Waals surface area contributed by atoms with E-state index in [1.165, 1.54) is 6.08 Å². The summed E-state index contributed by atoms with van der Waals surface area (Å²) in [4.78, 5) is 22.8. The highest BCUT2D eigenvalue weighted by Gasteiger charge is 2.22. The average Bonchev–Trinajstić information content (AvgIpc) is 2.50.